The molecule has 7 heteroatoms. The number of benzene rings is 1. The van der Waals surface area contributed by atoms with Crippen molar-refractivity contribution in [2.45, 2.75) is 44.7 Å². The first-order chi connectivity index (χ1) is 10.6. The van der Waals surface area contributed by atoms with Crippen LogP contribution in [0.5, 0.6) is 0 Å². The van der Waals surface area contributed by atoms with Crippen LogP contribution in [0.2, 0.25) is 0 Å². The number of nitrogens with zero attached hydrogens (tertiary/aromatic N) is 2. The summed E-state index contributed by atoms with van der Waals surface area (Å²) in [5, 5.41) is 0. The molecule has 0 amide bonds. The van der Waals surface area contributed by atoms with Crippen molar-refractivity contribution in [2.75, 3.05) is 20.1 Å². The van der Waals surface area contributed by atoms with Crippen LogP contribution in [0.3, 0.4) is 0 Å². The largest absolute Gasteiger partial charge is 0.329 e. The van der Waals surface area contributed by atoms with E-state index in [4.69, 9.17) is 5.73 Å². The summed E-state index contributed by atoms with van der Waals surface area (Å²) in [6.45, 7) is 1.04. The lowest BCUT2D eigenvalue weighted by Crippen LogP contribution is -2.48. The lowest BCUT2D eigenvalue weighted by atomic mass is 9.96. The summed E-state index contributed by atoms with van der Waals surface area (Å²) in [7, 11) is -1.77. The van der Waals surface area contributed by atoms with Crippen LogP contribution >= 0.6 is 12.4 Å². The van der Waals surface area contributed by atoms with Gasteiger partial charge in [0.1, 0.15) is 0 Å². The van der Waals surface area contributed by atoms with Crippen LogP contribution in [-0.4, -0.2) is 43.2 Å². The van der Waals surface area contributed by atoms with Crippen molar-refractivity contribution in [1.82, 2.24) is 8.61 Å². The first kappa shape index (κ1) is 20.4. The minimum Gasteiger partial charge on any atom is -0.329 e. The highest BCUT2D eigenvalue weighted by atomic mass is 35.5. The highest BCUT2D eigenvalue weighted by molar-refractivity contribution is 7.86. The monoisotopic (exact) mass is 361 g/mol. The van der Waals surface area contributed by atoms with Crippen LogP contribution in [0.4, 0.5) is 0 Å². The van der Waals surface area contributed by atoms with Gasteiger partial charge in [0, 0.05) is 32.7 Å². The minimum absolute atomic E-state index is 0. The summed E-state index contributed by atoms with van der Waals surface area (Å²) < 4.78 is 28.9. The maximum absolute atomic E-state index is 12.9. The van der Waals surface area contributed by atoms with Crippen molar-refractivity contribution in [1.29, 1.82) is 0 Å². The Labute approximate surface area is 146 Å². The van der Waals surface area contributed by atoms with E-state index in [1.165, 1.54) is 10.7 Å². The average Bonchev–Trinajstić information content (AvgIpc) is 2.55. The van der Waals surface area contributed by atoms with Gasteiger partial charge in [-0.2, -0.15) is 17.0 Å². The van der Waals surface area contributed by atoms with Crippen molar-refractivity contribution in [2.24, 2.45) is 5.73 Å². The molecule has 1 aliphatic carbocycles. The summed E-state index contributed by atoms with van der Waals surface area (Å²) in [5.74, 6) is 0. The second-order valence-corrected chi connectivity index (χ2v) is 7.91. The highest BCUT2D eigenvalue weighted by Crippen LogP contribution is 2.25. The van der Waals surface area contributed by atoms with Gasteiger partial charge in [-0.15, -0.1) is 12.4 Å². The first-order valence-corrected chi connectivity index (χ1v) is 9.42. The molecule has 2 N–H and O–H groups in total. The molecule has 23 heavy (non-hydrogen) atoms. The Morgan fingerprint density at radius 3 is 2.30 bits per heavy atom. The quantitative estimate of drug-likeness (QED) is 0.810. The smallest absolute Gasteiger partial charge is 0.282 e. The number of hydrogen-bond acceptors (Lipinski definition) is 3. The molecule has 5 nitrogen and oxygen atoms in total. The molecule has 0 atom stereocenters. The van der Waals surface area contributed by atoms with E-state index in [1.807, 2.05) is 30.3 Å². The van der Waals surface area contributed by atoms with Crippen LogP contribution in [0.25, 0.3) is 0 Å². The van der Waals surface area contributed by atoms with Gasteiger partial charge in [-0.3, -0.25) is 0 Å². The summed E-state index contributed by atoms with van der Waals surface area (Å²) in [4.78, 5) is 0. The Morgan fingerprint density at radius 1 is 1.13 bits per heavy atom. The average molecular weight is 362 g/mol. The third-order valence-corrected chi connectivity index (χ3v) is 6.35. The van der Waals surface area contributed by atoms with Gasteiger partial charge < -0.3 is 5.73 Å². The molecule has 0 heterocycles. The van der Waals surface area contributed by atoms with Gasteiger partial charge in [0.2, 0.25) is 0 Å². The second-order valence-electron chi connectivity index (χ2n) is 5.92. The molecule has 1 aromatic carbocycles. The van der Waals surface area contributed by atoms with E-state index >= 15 is 0 Å². The first-order valence-electron chi connectivity index (χ1n) is 8.03. The van der Waals surface area contributed by atoms with Gasteiger partial charge >= 0.3 is 0 Å². The minimum atomic E-state index is -3.47. The Balaban J connectivity index is 0.00000264. The van der Waals surface area contributed by atoms with E-state index < -0.39 is 10.2 Å². The SMILES string of the molecule is CN(C1CCCCC1)S(=O)(=O)N(CCN)Cc1ccccc1.Cl. The Morgan fingerprint density at radius 2 is 1.74 bits per heavy atom. The van der Waals surface area contributed by atoms with E-state index in [1.54, 1.807) is 11.4 Å². The summed E-state index contributed by atoms with van der Waals surface area (Å²) in [6, 6.07) is 9.79. The fraction of sp³-hybridized carbons (Fsp3) is 0.625. The molecule has 1 aromatic rings. The maximum atomic E-state index is 12.9. The van der Waals surface area contributed by atoms with Crippen LogP contribution in [0, 0.1) is 0 Å². The molecular formula is C16H28ClN3O2S. The van der Waals surface area contributed by atoms with Crippen LogP contribution in [0.15, 0.2) is 30.3 Å². The molecule has 0 radical (unpaired) electrons. The third kappa shape index (κ3) is 5.43. The third-order valence-electron chi connectivity index (χ3n) is 4.36. The Bertz CT molecular complexity index is 548. The van der Waals surface area contributed by atoms with Crippen molar-refractivity contribution in [3.8, 4) is 0 Å². The summed E-state index contributed by atoms with van der Waals surface area (Å²) in [5.41, 5.74) is 6.62. The normalized spacial score (nSPS) is 16.5. The number of halogens is 1. The molecule has 0 saturated heterocycles. The Kier molecular flexibility index (Phi) is 8.50. The molecule has 1 saturated carbocycles. The number of nitrogens with two attached hydrogens (primary N) is 1. The molecule has 1 aliphatic rings. The molecule has 0 aliphatic heterocycles. The van der Waals surface area contributed by atoms with Gasteiger partial charge in [-0.1, -0.05) is 49.6 Å². The zero-order chi connectivity index (χ0) is 16.0. The van der Waals surface area contributed by atoms with Crippen LogP contribution in [-0.2, 0) is 16.8 Å². The molecule has 132 valence electrons. The van der Waals surface area contributed by atoms with Crippen LogP contribution in [0.1, 0.15) is 37.7 Å². The van der Waals surface area contributed by atoms with Crippen molar-refractivity contribution in [3.63, 3.8) is 0 Å². The van der Waals surface area contributed by atoms with E-state index in [2.05, 4.69) is 0 Å². The molecule has 0 bridgehead atoms. The highest BCUT2D eigenvalue weighted by Gasteiger charge is 2.32. The van der Waals surface area contributed by atoms with Gasteiger partial charge in [0.25, 0.3) is 10.2 Å². The van der Waals surface area contributed by atoms with Gasteiger partial charge in [-0.25, -0.2) is 0 Å². The van der Waals surface area contributed by atoms with Gasteiger partial charge in [-0.05, 0) is 18.4 Å². The van der Waals surface area contributed by atoms with E-state index in [0.29, 0.717) is 19.6 Å². The zero-order valence-corrected chi connectivity index (χ0v) is 15.4. The predicted octanol–water partition coefficient (Wildman–Crippen LogP) is 2.38. The second kappa shape index (κ2) is 9.59. The van der Waals surface area contributed by atoms with E-state index in [0.717, 1.165) is 31.2 Å². The van der Waals surface area contributed by atoms with E-state index in [9.17, 15) is 8.42 Å². The maximum Gasteiger partial charge on any atom is 0.282 e. The van der Waals surface area contributed by atoms with Crippen LogP contribution < -0.4 is 5.73 Å². The number of rotatable bonds is 7. The standard InChI is InChI=1S/C16H27N3O2S.ClH/c1-18(16-10-6-3-7-11-16)22(20,21)19(13-12-17)14-15-8-4-2-5-9-15;/h2,4-5,8-9,16H,3,6-7,10-14,17H2,1H3;1H. The zero-order valence-electron chi connectivity index (χ0n) is 13.7. The van der Waals surface area contributed by atoms with Gasteiger partial charge in [0.15, 0.2) is 0 Å². The van der Waals surface area contributed by atoms with Crippen molar-refractivity contribution in [3.05, 3.63) is 35.9 Å². The fourth-order valence-electron chi connectivity index (χ4n) is 3.02. The molecular weight excluding hydrogens is 334 g/mol. The fourth-order valence-corrected chi connectivity index (χ4v) is 4.62. The topological polar surface area (TPSA) is 66.6 Å². The molecule has 0 unspecified atom stereocenters. The lowest BCUT2D eigenvalue weighted by molar-refractivity contribution is 0.261. The molecule has 0 spiro atoms. The van der Waals surface area contributed by atoms with Gasteiger partial charge in [0.05, 0.1) is 0 Å². The molecule has 2 rings (SSSR count). The lowest BCUT2D eigenvalue weighted by Gasteiger charge is -2.34. The summed E-state index contributed by atoms with van der Waals surface area (Å²) in [6.07, 6.45) is 5.34. The molecule has 0 aromatic heterocycles. The van der Waals surface area contributed by atoms with Crippen molar-refractivity contribution < 1.29 is 8.42 Å². The van der Waals surface area contributed by atoms with E-state index in [-0.39, 0.29) is 18.4 Å². The number of hydrogen-bond donors (Lipinski definition) is 1. The van der Waals surface area contributed by atoms with Crippen molar-refractivity contribution >= 4 is 22.6 Å². The summed E-state index contributed by atoms with van der Waals surface area (Å²) >= 11 is 0. The predicted molar refractivity (Wildman–Crippen MR) is 96.7 cm³/mol. The molecule has 1 fully saturated rings. The Hall–Kier alpha value is -0.660.